The van der Waals surface area contributed by atoms with Gasteiger partial charge >= 0.3 is 0 Å². The van der Waals surface area contributed by atoms with Crippen molar-refractivity contribution in [1.82, 2.24) is 4.90 Å². The van der Waals surface area contributed by atoms with E-state index in [1.54, 1.807) is 0 Å². The Labute approximate surface area is 67.6 Å². The van der Waals surface area contributed by atoms with Gasteiger partial charge in [-0.15, -0.1) is 0 Å². The smallest absolute Gasteiger partial charge is 0.0558 e. The Morgan fingerprint density at radius 3 is 2.18 bits per heavy atom. The lowest BCUT2D eigenvalue weighted by Gasteiger charge is -2.19. The van der Waals surface area contributed by atoms with E-state index in [9.17, 15) is 0 Å². The van der Waals surface area contributed by atoms with E-state index < -0.39 is 0 Å². The summed E-state index contributed by atoms with van der Waals surface area (Å²) in [5, 5.41) is 17.1. The summed E-state index contributed by atoms with van der Waals surface area (Å²) in [6, 6.07) is 0. The monoisotopic (exact) mass is 162 g/mol. The van der Waals surface area contributed by atoms with Crippen molar-refractivity contribution < 1.29 is 10.2 Å². The van der Waals surface area contributed by atoms with E-state index >= 15 is 0 Å². The van der Waals surface area contributed by atoms with E-state index in [-0.39, 0.29) is 13.2 Å². The fourth-order valence-electron chi connectivity index (χ4n) is 0.954. The first-order chi connectivity index (χ1) is 5.35. The minimum absolute atomic E-state index is 0.158. The van der Waals surface area contributed by atoms with Gasteiger partial charge in [0.25, 0.3) is 0 Å². The van der Waals surface area contributed by atoms with Gasteiger partial charge in [-0.1, -0.05) is 0 Å². The Morgan fingerprint density at radius 1 is 1.00 bits per heavy atom. The fourth-order valence-corrected chi connectivity index (χ4v) is 0.954. The largest absolute Gasteiger partial charge is 0.396 e. The molecular formula is C7H18N2O2. The molecule has 4 heteroatoms. The summed E-state index contributed by atoms with van der Waals surface area (Å²) in [5.41, 5.74) is 5.35. The van der Waals surface area contributed by atoms with Gasteiger partial charge in [0.05, 0.1) is 6.61 Å². The highest BCUT2D eigenvalue weighted by atomic mass is 16.3. The first-order valence-corrected chi connectivity index (χ1v) is 3.99. The number of nitrogens with two attached hydrogens (primary N) is 1. The van der Waals surface area contributed by atoms with Crippen LogP contribution in [0.2, 0.25) is 0 Å². The summed E-state index contributed by atoms with van der Waals surface area (Å²) >= 11 is 0. The van der Waals surface area contributed by atoms with Crippen molar-refractivity contribution in [2.24, 2.45) is 5.73 Å². The Morgan fingerprint density at radius 2 is 1.73 bits per heavy atom. The third-order valence-electron chi connectivity index (χ3n) is 1.49. The molecule has 0 aromatic rings. The van der Waals surface area contributed by atoms with Crippen LogP contribution in [0.3, 0.4) is 0 Å². The molecule has 0 heterocycles. The molecule has 0 bridgehead atoms. The lowest BCUT2D eigenvalue weighted by molar-refractivity contribution is 0.182. The summed E-state index contributed by atoms with van der Waals surface area (Å²) in [6.07, 6.45) is 0.750. The van der Waals surface area contributed by atoms with E-state index in [1.807, 2.05) is 4.90 Å². The molecule has 0 atom stereocenters. The summed E-state index contributed by atoms with van der Waals surface area (Å²) in [7, 11) is 0. The maximum Gasteiger partial charge on any atom is 0.0558 e. The summed E-state index contributed by atoms with van der Waals surface area (Å²) in [5.74, 6) is 0. The van der Waals surface area contributed by atoms with Crippen molar-refractivity contribution in [3.63, 3.8) is 0 Å². The van der Waals surface area contributed by atoms with Crippen LogP contribution in [0.15, 0.2) is 0 Å². The minimum Gasteiger partial charge on any atom is -0.396 e. The van der Waals surface area contributed by atoms with Gasteiger partial charge < -0.3 is 15.9 Å². The molecule has 0 aliphatic heterocycles. The van der Waals surface area contributed by atoms with Crippen molar-refractivity contribution >= 4 is 0 Å². The molecule has 0 fully saturated rings. The Kier molecular flexibility index (Phi) is 7.83. The van der Waals surface area contributed by atoms with Crippen molar-refractivity contribution in [3.05, 3.63) is 0 Å². The molecule has 0 spiro atoms. The molecule has 0 aromatic carbocycles. The lowest BCUT2D eigenvalue weighted by Crippen LogP contribution is -2.33. The van der Waals surface area contributed by atoms with Gasteiger partial charge in [-0.05, 0) is 6.42 Å². The zero-order valence-electron chi connectivity index (χ0n) is 6.87. The zero-order chi connectivity index (χ0) is 8.53. The highest BCUT2D eigenvalue weighted by Gasteiger charge is 2.00. The second-order valence-corrected chi connectivity index (χ2v) is 2.43. The lowest BCUT2D eigenvalue weighted by atomic mass is 10.4. The van der Waals surface area contributed by atoms with Gasteiger partial charge in [0, 0.05) is 32.8 Å². The van der Waals surface area contributed by atoms with Crippen LogP contribution in [0.5, 0.6) is 0 Å². The highest BCUT2D eigenvalue weighted by molar-refractivity contribution is 4.56. The Balaban J connectivity index is 3.34. The van der Waals surface area contributed by atoms with Crippen LogP contribution in [0.25, 0.3) is 0 Å². The molecule has 0 unspecified atom stereocenters. The molecule has 0 radical (unpaired) electrons. The SMILES string of the molecule is NCCN(CCO)CCCO. The third kappa shape index (κ3) is 6.25. The van der Waals surface area contributed by atoms with Crippen molar-refractivity contribution in [2.45, 2.75) is 6.42 Å². The van der Waals surface area contributed by atoms with Gasteiger partial charge in [-0.25, -0.2) is 0 Å². The fraction of sp³-hybridized carbons (Fsp3) is 1.00. The first kappa shape index (κ1) is 10.8. The van der Waals surface area contributed by atoms with Crippen LogP contribution in [0, 0.1) is 0 Å². The second kappa shape index (κ2) is 7.94. The van der Waals surface area contributed by atoms with Crippen LogP contribution >= 0.6 is 0 Å². The molecule has 68 valence electrons. The van der Waals surface area contributed by atoms with Crippen LogP contribution in [-0.2, 0) is 0 Å². The molecule has 0 saturated carbocycles. The van der Waals surface area contributed by atoms with Crippen molar-refractivity contribution in [2.75, 3.05) is 39.4 Å². The average molecular weight is 162 g/mol. The molecule has 4 nitrogen and oxygen atoms in total. The molecule has 0 aliphatic carbocycles. The van der Waals surface area contributed by atoms with Crippen LogP contribution in [0.1, 0.15) is 6.42 Å². The summed E-state index contributed by atoms with van der Waals surface area (Å²) in [6.45, 7) is 3.22. The van der Waals surface area contributed by atoms with Crippen molar-refractivity contribution in [3.8, 4) is 0 Å². The maximum atomic E-state index is 8.62. The van der Waals surface area contributed by atoms with Gasteiger partial charge in [-0.3, -0.25) is 4.90 Å². The molecular weight excluding hydrogens is 144 g/mol. The van der Waals surface area contributed by atoms with E-state index in [4.69, 9.17) is 15.9 Å². The van der Waals surface area contributed by atoms with Gasteiger partial charge in [0.2, 0.25) is 0 Å². The van der Waals surface area contributed by atoms with E-state index in [0.29, 0.717) is 13.1 Å². The van der Waals surface area contributed by atoms with Crippen LogP contribution < -0.4 is 5.73 Å². The molecule has 0 aliphatic rings. The van der Waals surface area contributed by atoms with E-state index in [1.165, 1.54) is 0 Å². The third-order valence-corrected chi connectivity index (χ3v) is 1.49. The highest BCUT2D eigenvalue weighted by Crippen LogP contribution is 1.88. The molecule has 11 heavy (non-hydrogen) atoms. The first-order valence-electron chi connectivity index (χ1n) is 3.99. The number of nitrogens with zero attached hydrogens (tertiary/aromatic N) is 1. The second-order valence-electron chi connectivity index (χ2n) is 2.43. The average Bonchev–Trinajstić information content (AvgIpc) is 2.01. The quantitative estimate of drug-likeness (QED) is 0.431. The van der Waals surface area contributed by atoms with Crippen molar-refractivity contribution in [1.29, 1.82) is 0 Å². The topological polar surface area (TPSA) is 69.7 Å². The standard InChI is InChI=1S/C7H18N2O2/c8-2-4-9(5-7-11)3-1-6-10/h10-11H,1-8H2. The predicted octanol–water partition coefficient (Wildman–Crippen LogP) is -1.38. The predicted molar refractivity (Wildman–Crippen MR) is 44.3 cm³/mol. The zero-order valence-corrected chi connectivity index (χ0v) is 6.87. The normalized spacial score (nSPS) is 10.9. The van der Waals surface area contributed by atoms with Crippen LogP contribution in [0.4, 0.5) is 0 Å². The summed E-state index contributed by atoms with van der Waals surface area (Å²) in [4.78, 5) is 2.04. The number of aliphatic hydroxyl groups excluding tert-OH is 2. The molecule has 4 N–H and O–H groups in total. The minimum atomic E-state index is 0.158. The van der Waals surface area contributed by atoms with Gasteiger partial charge in [0.1, 0.15) is 0 Å². The number of hydrogen-bond acceptors (Lipinski definition) is 4. The maximum absolute atomic E-state index is 8.62. The number of rotatable bonds is 7. The summed E-state index contributed by atoms with van der Waals surface area (Å²) < 4.78 is 0. The Bertz CT molecular complexity index is 74.8. The van der Waals surface area contributed by atoms with Gasteiger partial charge in [-0.2, -0.15) is 0 Å². The molecule has 0 saturated heterocycles. The Hall–Kier alpha value is -0.160. The number of hydrogen-bond donors (Lipinski definition) is 3. The van der Waals surface area contributed by atoms with E-state index in [2.05, 4.69) is 0 Å². The van der Waals surface area contributed by atoms with Crippen LogP contribution in [-0.4, -0.2) is 54.5 Å². The molecule has 0 aromatic heterocycles. The molecule has 0 rings (SSSR count). The van der Waals surface area contributed by atoms with Gasteiger partial charge in [0.15, 0.2) is 0 Å². The number of aliphatic hydroxyl groups is 2. The van der Waals surface area contributed by atoms with E-state index in [0.717, 1.165) is 19.5 Å². The molecule has 0 amide bonds.